The van der Waals surface area contributed by atoms with Crippen LogP contribution < -0.4 is 0 Å². The number of hydrogen-bond acceptors (Lipinski definition) is 1. The summed E-state index contributed by atoms with van der Waals surface area (Å²) in [5.41, 5.74) is 1.12. The van der Waals surface area contributed by atoms with Gasteiger partial charge < -0.3 is 0 Å². The molecule has 0 aliphatic heterocycles. The molecule has 0 aliphatic carbocycles. The van der Waals surface area contributed by atoms with Gasteiger partial charge in [-0.1, -0.05) is 0 Å². The van der Waals surface area contributed by atoms with Crippen molar-refractivity contribution in [2.45, 2.75) is 31.1 Å². The number of hydrogen-bond donors (Lipinski definition) is 0. The molecule has 0 aromatic carbocycles. The maximum atomic E-state index is 11.3. The Balaban J connectivity index is 4.27. The second-order valence-corrected chi connectivity index (χ2v) is 14.3. The van der Waals surface area contributed by atoms with Crippen LogP contribution in [0.15, 0.2) is 11.6 Å². The third kappa shape index (κ3) is 3.88. The number of rotatable bonds is 2. The first-order chi connectivity index (χ1) is 4.34. The summed E-state index contributed by atoms with van der Waals surface area (Å²) in [6, 6.07) is 0. The van der Waals surface area contributed by atoms with E-state index in [-0.39, 0.29) is 0 Å². The summed E-state index contributed by atoms with van der Waals surface area (Å²) in [7, 11) is 0. The molecule has 0 N–H and O–H groups in total. The number of carbonyl (C=O) groups excluding carboxylic acids is 1. The second-order valence-electron chi connectivity index (χ2n) is 3.84. The SMILES string of the molecule is CC(C)=C[C](=O)[Ge]([CH3])([CH3])[CH3]. The van der Waals surface area contributed by atoms with Crippen molar-refractivity contribution in [2.75, 3.05) is 0 Å². The molecule has 0 unspecified atom stereocenters. The van der Waals surface area contributed by atoms with Crippen molar-refractivity contribution < 1.29 is 4.79 Å². The van der Waals surface area contributed by atoms with E-state index in [1.165, 1.54) is 0 Å². The first-order valence-electron chi connectivity index (χ1n) is 3.53. The van der Waals surface area contributed by atoms with Crippen molar-refractivity contribution >= 4 is 17.9 Å². The van der Waals surface area contributed by atoms with Crippen LogP contribution in [0, 0.1) is 0 Å². The van der Waals surface area contributed by atoms with Crippen molar-refractivity contribution in [1.82, 2.24) is 0 Å². The van der Waals surface area contributed by atoms with Gasteiger partial charge in [0.15, 0.2) is 0 Å². The van der Waals surface area contributed by atoms with E-state index >= 15 is 0 Å². The Kier molecular flexibility index (Phi) is 3.36. The Labute approximate surface area is 65.9 Å². The van der Waals surface area contributed by atoms with E-state index in [9.17, 15) is 4.79 Å². The molecular weight excluding hydrogens is 185 g/mol. The van der Waals surface area contributed by atoms with Gasteiger partial charge in [-0.2, -0.15) is 0 Å². The molecule has 0 aromatic heterocycles. The van der Waals surface area contributed by atoms with Gasteiger partial charge in [0.25, 0.3) is 0 Å². The summed E-state index contributed by atoms with van der Waals surface area (Å²) in [4.78, 5) is 11.3. The Hall–Kier alpha value is -0.0471. The zero-order chi connectivity index (χ0) is 8.36. The zero-order valence-corrected chi connectivity index (χ0v) is 9.58. The number of carbonyl (C=O) groups is 1. The molecule has 0 rings (SSSR count). The molecule has 0 radical (unpaired) electrons. The second kappa shape index (κ2) is 3.38. The van der Waals surface area contributed by atoms with E-state index in [1.54, 1.807) is 6.08 Å². The van der Waals surface area contributed by atoms with Gasteiger partial charge in [0.1, 0.15) is 0 Å². The zero-order valence-electron chi connectivity index (χ0n) is 7.49. The molecule has 0 atom stereocenters. The van der Waals surface area contributed by atoms with Crippen LogP contribution in [0.1, 0.15) is 13.8 Å². The molecule has 0 aliphatic rings. The molecular formula is C8H16GeO. The fraction of sp³-hybridized carbons (Fsp3) is 0.625. The molecule has 0 saturated carbocycles. The van der Waals surface area contributed by atoms with E-state index in [0.717, 1.165) is 5.57 Å². The van der Waals surface area contributed by atoms with Gasteiger partial charge in [0, 0.05) is 0 Å². The molecule has 0 aromatic rings. The summed E-state index contributed by atoms with van der Waals surface area (Å²) in [6.45, 7) is 3.93. The van der Waals surface area contributed by atoms with Gasteiger partial charge >= 0.3 is 65.4 Å². The van der Waals surface area contributed by atoms with Crippen molar-refractivity contribution in [2.24, 2.45) is 0 Å². The van der Waals surface area contributed by atoms with E-state index in [1.807, 2.05) is 13.8 Å². The van der Waals surface area contributed by atoms with Crippen molar-refractivity contribution in [1.29, 1.82) is 0 Å². The molecule has 1 nitrogen and oxygen atoms in total. The molecule has 0 saturated heterocycles. The topological polar surface area (TPSA) is 17.1 Å². The van der Waals surface area contributed by atoms with Crippen LogP contribution in [-0.4, -0.2) is 17.9 Å². The molecule has 0 bridgehead atoms. The molecule has 10 heavy (non-hydrogen) atoms. The van der Waals surface area contributed by atoms with Crippen LogP contribution in [0.25, 0.3) is 0 Å². The minimum atomic E-state index is -2.00. The van der Waals surface area contributed by atoms with E-state index in [0.29, 0.717) is 4.62 Å². The van der Waals surface area contributed by atoms with Crippen LogP contribution in [0.4, 0.5) is 0 Å². The van der Waals surface area contributed by atoms with Crippen molar-refractivity contribution in [3.05, 3.63) is 11.6 Å². The van der Waals surface area contributed by atoms with Gasteiger partial charge in [-0.25, -0.2) is 0 Å². The van der Waals surface area contributed by atoms with E-state index in [4.69, 9.17) is 0 Å². The van der Waals surface area contributed by atoms with Gasteiger partial charge in [0.2, 0.25) is 0 Å². The fourth-order valence-electron chi connectivity index (χ4n) is 0.479. The van der Waals surface area contributed by atoms with Gasteiger partial charge in [0.05, 0.1) is 0 Å². The normalized spacial score (nSPS) is 10.9. The summed E-state index contributed by atoms with van der Waals surface area (Å²) >= 11 is -2.00. The Morgan fingerprint density at radius 3 is 1.70 bits per heavy atom. The Bertz CT molecular complexity index is 159. The van der Waals surface area contributed by atoms with E-state index < -0.39 is 13.3 Å². The van der Waals surface area contributed by atoms with Crippen LogP contribution in [0.3, 0.4) is 0 Å². The first kappa shape index (κ1) is 9.95. The van der Waals surface area contributed by atoms with Gasteiger partial charge in [-0.05, 0) is 0 Å². The standard InChI is InChI=1S/C8H16GeO/c1-7(2)6-8(10)9(3,4)5/h6H,1-5H3. The molecule has 0 spiro atoms. The Morgan fingerprint density at radius 2 is 1.60 bits per heavy atom. The van der Waals surface area contributed by atoms with Crippen LogP contribution in [0.2, 0.25) is 17.3 Å². The van der Waals surface area contributed by atoms with Gasteiger partial charge in [-0.3, -0.25) is 0 Å². The first-order valence-corrected chi connectivity index (χ1v) is 10.9. The quantitative estimate of drug-likeness (QED) is 0.495. The third-order valence-corrected chi connectivity index (χ3v) is 4.56. The van der Waals surface area contributed by atoms with Crippen molar-refractivity contribution in [3.8, 4) is 0 Å². The van der Waals surface area contributed by atoms with E-state index in [2.05, 4.69) is 17.3 Å². The van der Waals surface area contributed by atoms with Crippen molar-refractivity contribution in [3.63, 3.8) is 0 Å². The average molecular weight is 201 g/mol. The number of allylic oxidation sites excluding steroid dienone is 2. The summed E-state index contributed by atoms with van der Waals surface area (Å²) in [5, 5.41) is 0. The maximum absolute atomic E-state index is 11.3. The summed E-state index contributed by atoms with van der Waals surface area (Å²) < 4.78 is 0.389. The third-order valence-electron chi connectivity index (χ3n) is 1.16. The predicted molar refractivity (Wildman–Crippen MR) is 47.8 cm³/mol. The fourth-order valence-corrected chi connectivity index (χ4v) is 1.99. The Morgan fingerprint density at radius 1 is 1.20 bits per heavy atom. The molecule has 58 valence electrons. The van der Waals surface area contributed by atoms with Crippen LogP contribution in [0.5, 0.6) is 0 Å². The summed E-state index contributed by atoms with van der Waals surface area (Å²) in [6.07, 6.45) is 1.78. The predicted octanol–water partition coefficient (Wildman–Crippen LogP) is 2.40. The summed E-state index contributed by atoms with van der Waals surface area (Å²) in [5.74, 6) is 6.34. The average Bonchev–Trinajstić information content (AvgIpc) is 1.60. The molecule has 2 heteroatoms. The van der Waals surface area contributed by atoms with Crippen LogP contribution >= 0.6 is 0 Å². The molecule has 0 fully saturated rings. The molecule has 0 amide bonds. The molecule has 0 heterocycles. The van der Waals surface area contributed by atoms with Crippen LogP contribution in [-0.2, 0) is 4.79 Å². The monoisotopic (exact) mass is 202 g/mol. The van der Waals surface area contributed by atoms with Gasteiger partial charge in [-0.15, -0.1) is 0 Å². The minimum absolute atomic E-state index is 0.389.